The second-order valence-electron chi connectivity index (χ2n) is 10.6. The van der Waals surface area contributed by atoms with Gasteiger partial charge in [0.05, 0.1) is 11.9 Å². The Kier molecular flexibility index (Phi) is 6.02. The van der Waals surface area contributed by atoms with Crippen LogP contribution < -0.4 is 20.3 Å². The fourth-order valence-corrected chi connectivity index (χ4v) is 6.35. The maximum Gasteiger partial charge on any atom is 0.319 e. The molecule has 5 heterocycles. The van der Waals surface area contributed by atoms with Gasteiger partial charge in [-0.1, -0.05) is 41.9 Å². The molecule has 3 saturated heterocycles. The molecular formula is C28H26ClF3N6O. The quantitative estimate of drug-likeness (QED) is 0.361. The van der Waals surface area contributed by atoms with Crippen LogP contribution in [0.15, 0.2) is 42.6 Å². The van der Waals surface area contributed by atoms with Crippen molar-refractivity contribution in [1.82, 2.24) is 25.6 Å². The number of alkyl halides is 2. The second-order valence-corrected chi connectivity index (χ2v) is 11.1. The monoisotopic (exact) mass is 554 g/mol. The minimum absolute atomic E-state index is 0.0487. The van der Waals surface area contributed by atoms with Gasteiger partial charge < -0.3 is 20.3 Å². The fourth-order valence-electron chi connectivity index (χ4n) is 6.07. The lowest BCUT2D eigenvalue weighted by Crippen LogP contribution is -2.51. The molecule has 0 aliphatic carbocycles. The smallest absolute Gasteiger partial charge is 0.319 e. The molecule has 3 fully saturated rings. The summed E-state index contributed by atoms with van der Waals surface area (Å²) in [4.78, 5) is 15.7. The molecule has 7 rings (SSSR count). The third-order valence-corrected chi connectivity index (χ3v) is 8.19. The Morgan fingerprint density at radius 1 is 1.08 bits per heavy atom. The molecule has 3 aliphatic heterocycles. The van der Waals surface area contributed by atoms with Crippen molar-refractivity contribution in [1.29, 1.82) is 0 Å². The molecule has 0 amide bonds. The Bertz CT molecular complexity index is 1570. The van der Waals surface area contributed by atoms with Crippen molar-refractivity contribution in [2.75, 3.05) is 31.1 Å². The topological polar surface area (TPSA) is 75.2 Å². The van der Waals surface area contributed by atoms with E-state index in [9.17, 15) is 8.78 Å². The van der Waals surface area contributed by atoms with E-state index in [-0.39, 0.29) is 30.2 Å². The van der Waals surface area contributed by atoms with Crippen LogP contribution in [0.3, 0.4) is 0 Å². The molecule has 202 valence electrons. The van der Waals surface area contributed by atoms with Gasteiger partial charge in [-0.15, -0.1) is 0 Å². The van der Waals surface area contributed by atoms with Gasteiger partial charge in [0.2, 0.25) is 0 Å². The lowest BCUT2D eigenvalue weighted by atomic mass is 10.0. The summed E-state index contributed by atoms with van der Waals surface area (Å²) < 4.78 is 49.5. The molecule has 3 aliphatic rings. The zero-order chi connectivity index (χ0) is 26.7. The highest BCUT2D eigenvalue weighted by atomic mass is 35.5. The Morgan fingerprint density at radius 3 is 2.59 bits per heavy atom. The highest BCUT2D eigenvalue weighted by Gasteiger charge is 2.40. The molecule has 0 spiro atoms. The summed E-state index contributed by atoms with van der Waals surface area (Å²) in [7, 11) is 0. The normalized spacial score (nSPS) is 24.1. The third kappa shape index (κ3) is 4.54. The molecule has 3 atom stereocenters. The lowest BCUT2D eigenvalue weighted by molar-refractivity contribution is 0.0195. The van der Waals surface area contributed by atoms with Crippen LogP contribution in [0.2, 0.25) is 5.02 Å². The number of hydrogen-bond acceptors (Lipinski definition) is 7. The number of fused-ring (bicyclic) bond motifs is 4. The molecule has 11 heteroatoms. The van der Waals surface area contributed by atoms with Gasteiger partial charge in [-0.25, -0.2) is 13.2 Å². The maximum atomic E-state index is 16.4. The van der Waals surface area contributed by atoms with Crippen LogP contribution in [0.4, 0.5) is 19.0 Å². The number of anilines is 1. The van der Waals surface area contributed by atoms with Crippen LogP contribution in [-0.2, 0) is 0 Å². The zero-order valence-electron chi connectivity index (χ0n) is 20.9. The van der Waals surface area contributed by atoms with Gasteiger partial charge in [0.1, 0.15) is 23.6 Å². The first-order chi connectivity index (χ1) is 18.8. The summed E-state index contributed by atoms with van der Waals surface area (Å²) in [6.07, 6.45) is 3.39. The van der Waals surface area contributed by atoms with E-state index >= 15 is 4.39 Å². The Labute approximate surface area is 227 Å². The van der Waals surface area contributed by atoms with E-state index in [4.69, 9.17) is 16.3 Å². The average Bonchev–Trinajstić information content (AvgIpc) is 3.46. The van der Waals surface area contributed by atoms with Crippen LogP contribution in [0.1, 0.15) is 19.3 Å². The van der Waals surface area contributed by atoms with Gasteiger partial charge in [-0.05, 0) is 24.3 Å². The van der Waals surface area contributed by atoms with Gasteiger partial charge in [-0.3, -0.25) is 4.98 Å². The van der Waals surface area contributed by atoms with E-state index in [2.05, 4.69) is 30.5 Å². The van der Waals surface area contributed by atoms with Crippen LogP contribution in [0, 0.1) is 5.82 Å². The minimum atomic E-state index is -2.78. The van der Waals surface area contributed by atoms with E-state index in [1.54, 1.807) is 18.3 Å². The van der Waals surface area contributed by atoms with Gasteiger partial charge in [0.25, 0.3) is 5.92 Å². The molecule has 7 nitrogen and oxygen atoms in total. The van der Waals surface area contributed by atoms with Crippen LogP contribution in [0.25, 0.3) is 32.9 Å². The number of rotatable bonds is 5. The Morgan fingerprint density at radius 2 is 1.85 bits per heavy atom. The molecule has 0 saturated carbocycles. The first-order valence-corrected chi connectivity index (χ1v) is 13.5. The van der Waals surface area contributed by atoms with Crippen LogP contribution >= 0.6 is 11.6 Å². The van der Waals surface area contributed by atoms with Crippen molar-refractivity contribution >= 4 is 39.1 Å². The van der Waals surface area contributed by atoms with E-state index in [1.807, 2.05) is 24.3 Å². The standard InChI is InChI=1S/C28H26ClF3N6O/c29-21-6-2-4-15-3-1-5-19(22(15)21)24-23(30)25-20(10-33-24)26(38-11-16-7-8-17(12-38)35-16)37-27(36-25)39-13-18-9-28(31,32)14-34-18/h1-6,10,16-18,34-35H,7-9,11-14H2/t16?,17?,18-/m0/s1. The number of piperazine rings is 1. The predicted molar refractivity (Wildman–Crippen MR) is 144 cm³/mol. The SMILES string of the molecule is Fc1c(-c2cccc3cccc(Cl)c23)ncc2c(N3CC4CCC(C3)N4)nc(OC[C@@H]3CC(F)(F)CN3)nc12. The third-order valence-electron chi connectivity index (χ3n) is 7.88. The summed E-state index contributed by atoms with van der Waals surface area (Å²) in [6.45, 7) is 0.971. The Hall–Kier alpha value is -3.21. The average molecular weight is 555 g/mol. The number of halogens is 4. The Balaban J connectivity index is 1.33. The molecule has 2 N–H and O–H groups in total. The highest BCUT2D eigenvalue weighted by Crippen LogP contribution is 2.38. The molecule has 4 aromatic rings. The number of ether oxygens (including phenoxy) is 1. The molecule has 0 radical (unpaired) electrons. The maximum absolute atomic E-state index is 16.4. The van der Waals surface area contributed by atoms with Crippen molar-refractivity contribution in [2.45, 2.75) is 43.3 Å². The van der Waals surface area contributed by atoms with Gasteiger partial charge in [0.15, 0.2) is 5.82 Å². The number of aromatic nitrogens is 3. The number of nitrogens with zero attached hydrogens (tertiary/aromatic N) is 4. The number of hydrogen-bond donors (Lipinski definition) is 2. The lowest BCUT2D eigenvalue weighted by Gasteiger charge is -2.34. The summed E-state index contributed by atoms with van der Waals surface area (Å²) in [6, 6.07) is 11.1. The summed E-state index contributed by atoms with van der Waals surface area (Å²) in [5.41, 5.74) is 0.742. The predicted octanol–water partition coefficient (Wildman–Crippen LogP) is 4.95. The van der Waals surface area contributed by atoms with E-state index in [0.717, 1.165) is 18.2 Å². The first-order valence-electron chi connectivity index (χ1n) is 13.1. The van der Waals surface area contributed by atoms with Crippen LogP contribution in [0.5, 0.6) is 6.01 Å². The molecule has 2 aromatic heterocycles. The summed E-state index contributed by atoms with van der Waals surface area (Å²) in [5.74, 6) is -2.86. The van der Waals surface area contributed by atoms with Gasteiger partial charge in [-0.2, -0.15) is 9.97 Å². The van der Waals surface area contributed by atoms with Gasteiger partial charge in [0, 0.05) is 59.8 Å². The molecule has 2 aromatic carbocycles. The molecular weight excluding hydrogens is 529 g/mol. The zero-order valence-corrected chi connectivity index (χ0v) is 21.7. The van der Waals surface area contributed by atoms with E-state index in [0.29, 0.717) is 52.3 Å². The van der Waals surface area contributed by atoms with Gasteiger partial charge >= 0.3 is 6.01 Å². The van der Waals surface area contributed by atoms with Crippen molar-refractivity contribution in [2.24, 2.45) is 0 Å². The molecule has 2 bridgehead atoms. The van der Waals surface area contributed by atoms with Crippen molar-refractivity contribution in [3.8, 4) is 17.3 Å². The first kappa shape index (κ1) is 24.8. The number of nitrogens with one attached hydrogen (secondary N) is 2. The molecule has 39 heavy (non-hydrogen) atoms. The van der Waals surface area contributed by atoms with Crippen molar-refractivity contribution in [3.05, 3.63) is 53.4 Å². The fraction of sp³-hybridized carbons (Fsp3) is 0.393. The van der Waals surface area contributed by atoms with E-state index < -0.39 is 24.3 Å². The summed E-state index contributed by atoms with van der Waals surface area (Å²) in [5, 5.41) is 8.89. The highest BCUT2D eigenvalue weighted by molar-refractivity contribution is 6.36. The van der Waals surface area contributed by atoms with E-state index in [1.165, 1.54) is 0 Å². The summed E-state index contributed by atoms with van der Waals surface area (Å²) >= 11 is 6.52. The minimum Gasteiger partial charge on any atom is -0.462 e. The number of pyridine rings is 1. The number of benzene rings is 2. The largest absolute Gasteiger partial charge is 0.462 e. The van der Waals surface area contributed by atoms with Crippen molar-refractivity contribution < 1.29 is 17.9 Å². The second kappa shape index (κ2) is 9.46. The van der Waals surface area contributed by atoms with Crippen molar-refractivity contribution in [3.63, 3.8) is 0 Å². The van der Waals surface area contributed by atoms with Crippen LogP contribution in [-0.4, -0.2) is 65.2 Å². The molecule has 2 unspecified atom stereocenters.